The molecule has 2 aromatic rings. The third-order valence-corrected chi connectivity index (χ3v) is 2.60. The van der Waals surface area contributed by atoms with Crippen LogP contribution in [-0.4, -0.2) is 16.1 Å². The SMILES string of the molecule is CC(C)n1nc(Cl)c2c(C=O)cccc21. The number of halogens is 1. The maximum absolute atomic E-state index is 10.9. The highest BCUT2D eigenvalue weighted by Gasteiger charge is 2.13. The second kappa shape index (κ2) is 3.66. The van der Waals surface area contributed by atoms with Gasteiger partial charge >= 0.3 is 0 Å². The van der Waals surface area contributed by atoms with Gasteiger partial charge in [0.1, 0.15) is 0 Å². The van der Waals surface area contributed by atoms with Crippen molar-refractivity contribution in [2.24, 2.45) is 0 Å². The van der Waals surface area contributed by atoms with Crippen LogP contribution in [0.1, 0.15) is 30.2 Å². The third kappa shape index (κ3) is 1.53. The van der Waals surface area contributed by atoms with Gasteiger partial charge < -0.3 is 0 Å². The fraction of sp³-hybridized carbons (Fsp3) is 0.273. The van der Waals surface area contributed by atoms with Crippen LogP contribution in [-0.2, 0) is 0 Å². The van der Waals surface area contributed by atoms with E-state index in [-0.39, 0.29) is 6.04 Å². The van der Waals surface area contributed by atoms with E-state index < -0.39 is 0 Å². The standard InChI is InChI=1S/C11H11ClN2O/c1-7(2)14-9-5-3-4-8(6-15)10(9)11(12)13-14/h3-7H,1-2H3. The minimum absolute atomic E-state index is 0.224. The Bertz CT molecular complexity index is 517. The Morgan fingerprint density at radius 2 is 2.20 bits per heavy atom. The first-order valence-corrected chi connectivity index (χ1v) is 5.15. The van der Waals surface area contributed by atoms with Crippen LogP contribution in [0.5, 0.6) is 0 Å². The van der Waals surface area contributed by atoms with Gasteiger partial charge in [0.2, 0.25) is 0 Å². The van der Waals surface area contributed by atoms with Crippen LogP contribution in [0.4, 0.5) is 0 Å². The number of carbonyl (C=O) groups excluding carboxylic acids is 1. The van der Waals surface area contributed by atoms with Gasteiger partial charge in [0.05, 0.1) is 5.52 Å². The summed E-state index contributed by atoms with van der Waals surface area (Å²) in [6.07, 6.45) is 0.806. The fourth-order valence-corrected chi connectivity index (χ4v) is 1.95. The van der Waals surface area contributed by atoms with Crippen LogP contribution in [0.15, 0.2) is 18.2 Å². The second-order valence-corrected chi connectivity index (χ2v) is 4.05. The van der Waals surface area contributed by atoms with Gasteiger partial charge in [-0.1, -0.05) is 23.7 Å². The Labute approximate surface area is 92.6 Å². The molecule has 0 atom stereocenters. The Balaban J connectivity index is 2.85. The molecule has 78 valence electrons. The van der Waals surface area contributed by atoms with E-state index in [9.17, 15) is 4.79 Å². The Hall–Kier alpha value is -1.35. The topological polar surface area (TPSA) is 34.9 Å². The van der Waals surface area contributed by atoms with Crippen LogP contribution in [0.25, 0.3) is 10.9 Å². The first-order chi connectivity index (χ1) is 7.15. The lowest BCUT2D eigenvalue weighted by atomic mass is 10.1. The normalized spacial score (nSPS) is 11.2. The molecule has 3 nitrogen and oxygen atoms in total. The van der Waals surface area contributed by atoms with E-state index in [2.05, 4.69) is 5.10 Å². The van der Waals surface area contributed by atoms with Gasteiger partial charge in [-0.2, -0.15) is 5.10 Å². The van der Waals surface area contributed by atoms with Crippen LogP contribution in [0.3, 0.4) is 0 Å². The number of hydrogen-bond acceptors (Lipinski definition) is 2. The van der Waals surface area contributed by atoms with Gasteiger partial charge in [0.15, 0.2) is 11.4 Å². The Kier molecular flexibility index (Phi) is 2.49. The largest absolute Gasteiger partial charge is 0.298 e. The number of aldehydes is 1. The molecular weight excluding hydrogens is 212 g/mol. The van der Waals surface area contributed by atoms with Crippen molar-refractivity contribution in [1.29, 1.82) is 0 Å². The van der Waals surface area contributed by atoms with Crippen molar-refractivity contribution < 1.29 is 4.79 Å². The summed E-state index contributed by atoms with van der Waals surface area (Å²) in [6, 6.07) is 5.72. The smallest absolute Gasteiger partial charge is 0.159 e. The van der Waals surface area contributed by atoms with Crippen molar-refractivity contribution in [1.82, 2.24) is 9.78 Å². The number of benzene rings is 1. The van der Waals surface area contributed by atoms with Crippen LogP contribution < -0.4 is 0 Å². The molecule has 0 aliphatic carbocycles. The van der Waals surface area contributed by atoms with Gasteiger partial charge in [-0.25, -0.2) is 0 Å². The van der Waals surface area contributed by atoms with Crippen LogP contribution in [0, 0.1) is 0 Å². The van der Waals surface area contributed by atoms with E-state index in [1.54, 1.807) is 6.07 Å². The predicted octanol–water partition coefficient (Wildman–Crippen LogP) is 3.08. The lowest BCUT2D eigenvalue weighted by Gasteiger charge is -2.06. The first-order valence-electron chi connectivity index (χ1n) is 4.77. The molecule has 0 aliphatic rings. The number of rotatable bonds is 2. The molecule has 0 unspecified atom stereocenters. The van der Waals surface area contributed by atoms with Crippen molar-refractivity contribution in [3.05, 3.63) is 28.9 Å². The molecule has 1 aromatic carbocycles. The molecule has 0 amide bonds. The minimum atomic E-state index is 0.224. The Morgan fingerprint density at radius 3 is 2.80 bits per heavy atom. The molecule has 4 heteroatoms. The predicted molar refractivity (Wildman–Crippen MR) is 60.5 cm³/mol. The summed E-state index contributed by atoms with van der Waals surface area (Å²) >= 11 is 6.01. The quantitative estimate of drug-likeness (QED) is 0.732. The van der Waals surface area contributed by atoms with E-state index >= 15 is 0 Å². The summed E-state index contributed by atoms with van der Waals surface area (Å²) in [5.41, 5.74) is 1.49. The fourth-order valence-electron chi connectivity index (χ4n) is 1.66. The summed E-state index contributed by atoms with van der Waals surface area (Å²) in [4.78, 5) is 10.9. The van der Waals surface area contributed by atoms with Gasteiger partial charge in [-0.15, -0.1) is 0 Å². The van der Waals surface area contributed by atoms with Crippen molar-refractivity contribution in [3.8, 4) is 0 Å². The minimum Gasteiger partial charge on any atom is -0.298 e. The van der Waals surface area contributed by atoms with Crippen molar-refractivity contribution in [3.63, 3.8) is 0 Å². The number of carbonyl (C=O) groups is 1. The molecule has 2 rings (SSSR count). The lowest BCUT2D eigenvalue weighted by molar-refractivity contribution is 0.112. The maximum atomic E-state index is 10.9. The van der Waals surface area contributed by atoms with E-state index in [4.69, 9.17) is 11.6 Å². The summed E-state index contributed by atoms with van der Waals surface area (Å²) in [5, 5.41) is 5.35. The van der Waals surface area contributed by atoms with Gasteiger partial charge in [-0.3, -0.25) is 9.48 Å². The molecule has 0 N–H and O–H groups in total. The van der Waals surface area contributed by atoms with Gasteiger partial charge in [-0.05, 0) is 19.9 Å². The Morgan fingerprint density at radius 1 is 1.47 bits per heavy atom. The molecule has 0 bridgehead atoms. The highest BCUT2D eigenvalue weighted by molar-refractivity contribution is 6.35. The molecule has 0 radical (unpaired) electrons. The van der Waals surface area contributed by atoms with Crippen molar-refractivity contribution in [2.75, 3.05) is 0 Å². The zero-order valence-electron chi connectivity index (χ0n) is 8.57. The lowest BCUT2D eigenvalue weighted by Crippen LogP contribution is -2.01. The van der Waals surface area contributed by atoms with Crippen LogP contribution >= 0.6 is 11.6 Å². The molecule has 0 spiro atoms. The van der Waals surface area contributed by atoms with Crippen molar-refractivity contribution in [2.45, 2.75) is 19.9 Å². The maximum Gasteiger partial charge on any atom is 0.159 e. The summed E-state index contributed by atoms with van der Waals surface area (Å²) in [7, 11) is 0. The molecule has 1 heterocycles. The molecule has 1 aromatic heterocycles. The average Bonchev–Trinajstić information content (AvgIpc) is 2.56. The average molecular weight is 223 g/mol. The molecular formula is C11H11ClN2O. The van der Waals surface area contributed by atoms with Gasteiger partial charge in [0.25, 0.3) is 0 Å². The monoisotopic (exact) mass is 222 g/mol. The zero-order valence-corrected chi connectivity index (χ0v) is 9.32. The van der Waals surface area contributed by atoms with Crippen LogP contribution in [0.2, 0.25) is 5.15 Å². The molecule has 0 saturated carbocycles. The molecule has 0 aliphatic heterocycles. The van der Waals surface area contributed by atoms with Gasteiger partial charge in [0, 0.05) is 17.0 Å². The summed E-state index contributed by atoms with van der Waals surface area (Å²) in [5.74, 6) is 0. The molecule has 0 saturated heterocycles. The number of nitrogens with zero attached hydrogens (tertiary/aromatic N) is 2. The summed E-state index contributed by atoms with van der Waals surface area (Å²) in [6.45, 7) is 4.05. The number of hydrogen-bond donors (Lipinski definition) is 0. The number of fused-ring (bicyclic) bond motifs is 1. The molecule has 15 heavy (non-hydrogen) atoms. The van der Waals surface area contributed by atoms with E-state index in [1.807, 2.05) is 30.7 Å². The van der Waals surface area contributed by atoms with E-state index in [1.165, 1.54) is 0 Å². The second-order valence-electron chi connectivity index (χ2n) is 3.69. The zero-order chi connectivity index (χ0) is 11.0. The first kappa shape index (κ1) is 10.2. The summed E-state index contributed by atoms with van der Waals surface area (Å²) < 4.78 is 1.82. The third-order valence-electron chi connectivity index (χ3n) is 2.34. The molecule has 0 fully saturated rings. The van der Waals surface area contributed by atoms with Crippen molar-refractivity contribution >= 4 is 28.8 Å². The number of aromatic nitrogens is 2. The van der Waals surface area contributed by atoms with E-state index in [0.29, 0.717) is 10.7 Å². The highest BCUT2D eigenvalue weighted by Crippen LogP contribution is 2.27. The highest BCUT2D eigenvalue weighted by atomic mass is 35.5. The van der Waals surface area contributed by atoms with E-state index in [0.717, 1.165) is 17.2 Å².